The van der Waals surface area contributed by atoms with E-state index in [0.29, 0.717) is 11.5 Å². The predicted molar refractivity (Wildman–Crippen MR) is 37.4 cm³/mol. The van der Waals surface area contributed by atoms with E-state index in [2.05, 4.69) is 22.0 Å². The lowest BCUT2D eigenvalue weighted by Crippen LogP contribution is -1.85. The molecule has 0 aliphatic rings. The Labute approximate surface area is 57.3 Å². The van der Waals surface area contributed by atoms with Crippen LogP contribution in [0.5, 0.6) is 0 Å². The standard InChI is InChI=1S/C7H6O3/c1-3-5-6(4-2)10-7(8)9-5/h3-4H,1-2H2. The minimum atomic E-state index is -0.732. The molecule has 1 aromatic rings. The molecule has 0 atom stereocenters. The molecule has 1 heterocycles. The monoisotopic (exact) mass is 138 g/mol. The van der Waals surface area contributed by atoms with Crippen molar-refractivity contribution in [3.8, 4) is 0 Å². The van der Waals surface area contributed by atoms with Crippen molar-refractivity contribution in [2.75, 3.05) is 0 Å². The lowest BCUT2D eigenvalue weighted by molar-refractivity contribution is 0.382. The first kappa shape index (κ1) is 6.61. The van der Waals surface area contributed by atoms with Crippen molar-refractivity contribution in [3.63, 3.8) is 0 Å². The van der Waals surface area contributed by atoms with Crippen LogP contribution in [0, 0.1) is 0 Å². The van der Waals surface area contributed by atoms with E-state index in [0.717, 1.165) is 0 Å². The third-order valence-corrected chi connectivity index (χ3v) is 1.00. The summed E-state index contributed by atoms with van der Waals surface area (Å²) in [6.07, 6.45) is 2.78. The van der Waals surface area contributed by atoms with Gasteiger partial charge in [0.25, 0.3) is 0 Å². The molecule has 0 saturated heterocycles. The minimum absolute atomic E-state index is 0.319. The fraction of sp³-hybridized carbons (Fsp3) is 0. The molecular weight excluding hydrogens is 132 g/mol. The molecule has 0 N–H and O–H groups in total. The van der Waals surface area contributed by atoms with E-state index in [9.17, 15) is 4.79 Å². The summed E-state index contributed by atoms with van der Waals surface area (Å²) >= 11 is 0. The molecule has 0 radical (unpaired) electrons. The topological polar surface area (TPSA) is 43.4 Å². The van der Waals surface area contributed by atoms with Crippen molar-refractivity contribution >= 4 is 12.2 Å². The molecule has 0 spiro atoms. The van der Waals surface area contributed by atoms with Crippen LogP contribution in [0.2, 0.25) is 0 Å². The maximum Gasteiger partial charge on any atom is 0.519 e. The molecule has 0 saturated carbocycles. The van der Waals surface area contributed by atoms with Crippen LogP contribution < -0.4 is 5.82 Å². The number of hydrogen-bond acceptors (Lipinski definition) is 3. The maximum absolute atomic E-state index is 10.4. The van der Waals surface area contributed by atoms with Gasteiger partial charge in [-0.05, 0) is 12.2 Å². The molecule has 0 aliphatic heterocycles. The molecule has 1 aromatic heterocycles. The van der Waals surface area contributed by atoms with Crippen molar-refractivity contribution < 1.29 is 8.83 Å². The highest BCUT2D eigenvalue weighted by atomic mass is 16.6. The fourth-order valence-electron chi connectivity index (χ4n) is 0.586. The molecule has 3 heteroatoms. The Morgan fingerprint density at radius 3 is 1.80 bits per heavy atom. The van der Waals surface area contributed by atoms with Crippen LogP contribution in [-0.2, 0) is 0 Å². The molecule has 52 valence electrons. The molecule has 10 heavy (non-hydrogen) atoms. The highest BCUT2D eigenvalue weighted by Gasteiger charge is 2.03. The van der Waals surface area contributed by atoms with E-state index in [-0.39, 0.29) is 0 Å². The molecular formula is C7H6O3. The average Bonchev–Trinajstić information content (AvgIpc) is 2.30. The van der Waals surface area contributed by atoms with Gasteiger partial charge in [0, 0.05) is 0 Å². The van der Waals surface area contributed by atoms with Gasteiger partial charge in [-0.2, -0.15) is 0 Å². The Morgan fingerprint density at radius 1 is 1.10 bits per heavy atom. The van der Waals surface area contributed by atoms with Crippen LogP contribution in [0.25, 0.3) is 12.2 Å². The first-order chi connectivity index (χ1) is 4.77. The van der Waals surface area contributed by atoms with E-state index in [1.54, 1.807) is 0 Å². The number of rotatable bonds is 2. The molecule has 0 aromatic carbocycles. The van der Waals surface area contributed by atoms with Gasteiger partial charge in [-0.15, -0.1) is 0 Å². The summed E-state index contributed by atoms with van der Waals surface area (Å²) in [6, 6.07) is 0. The third-order valence-electron chi connectivity index (χ3n) is 1.00. The first-order valence-corrected chi connectivity index (χ1v) is 2.66. The van der Waals surface area contributed by atoms with E-state index < -0.39 is 5.82 Å². The van der Waals surface area contributed by atoms with E-state index >= 15 is 0 Å². The van der Waals surface area contributed by atoms with Crippen LogP contribution >= 0.6 is 0 Å². The number of hydrogen-bond donors (Lipinski definition) is 0. The molecule has 0 aliphatic carbocycles. The van der Waals surface area contributed by atoms with Crippen LogP contribution in [-0.4, -0.2) is 0 Å². The molecule has 0 bridgehead atoms. The zero-order valence-corrected chi connectivity index (χ0v) is 5.29. The van der Waals surface area contributed by atoms with E-state index in [1.807, 2.05) is 0 Å². The Hall–Kier alpha value is -1.51. The Bertz CT molecular complexity index is 274. The summed E-state index contributed by atoms with van der Waals surface area (Å²) in [5.41, 5.74) is 0. The van der Waals surface area contributed by atoms with Gasteiger partial charge in [-0.1, -0.05) is 13.2 Å². The second-order valence-corrected chi connectivity index (χ2v) is 1.59. The van der Waals surface area contributed by atoms with E-state index in [4.69, 9.17) is 0 Å². The summed E-state index contributed by atoms with van der Waals surface area (Å²) in [7, 11) is 0. The molecule has 0 unspecified atom stereocenters. The second-order valence-electron chi connectivity index (χ2n) is 1.59. The van der Waals surface area contributed by atoms with Crippen molar-refractivity contribution in [2.24, 2.45) is 0 Å². The van der Waals surface area contributed by atoms with Crippen molar-refractivity contribution in [2.45, 2.75) is 0 Å². The smallest absolute Gasteiger partial charge is 0.391 e. The van der Waals surface area contributed by atoms with Crippen molar-refractivity contribution in [1.82, 2.24) is 0 Å². The van der Waals surface area contributed by atoms with Gasteiger partial charge in [-0.25, -0.2) is 4.79 Å². The average molecular weight is 138 g/mol. The second kappa shape index (κ2) is 2.39. The Balaban J connectivity index is 3.33. The largest absolute Gasteiger partial charge is 0.519 e. The fourth-order valence-corrected chi connectivity index (χ4v) is 0.586. The summed E-state index contributed by atoms with van der Waals surface area (Å²) in [5.74, 6) is -0.0928. The molecule has 3 nitrogen and oxygen atoms in total. The Morgan fingerprint density at radius 2 is 1.50 bits per heavy atom. The SMILES string of the molecule is C=Cc1oc(=O)oc1C=C. The summed E-state index contributed by atoms with van der Waals surface area (Å²) in [6.45, 7) is 6.82. The summed E-state index contributed by atoms with van der Waals surface area (Å²) in [4.78, 5) is 10.4. The zero-order chi connectivity index (χ0) is 7.56. The van der Waals surface area contributed by atoms with Gasteiger partial charge < -0.3 is 8.83 Å². The molecule has 0 fully saturated rings. The predicted octanol–water partition coefficient (Wildman–Crippen LogP) is 1.52. The van der Waals surface area contributed by atoms with Gasteiger partial charge in [0.2, 0.25) is 0 Å². The molecule has 0 amide bonds. The Kier molecular flexibility index (Phi) is 1.58. The summed E-state index contributed by atoms with van der Waals surface area (Å²) < 4.78 is 9.09. The normalized spacial score (nSPS) is 9.20. The van der Waals surface area contributed by atoms with Gasteiger partial charge in [0.15, 0.2) is 11.5 Å². The maximum atomic E-state index is 10.4. The van der Waals surface area contributed by atoms with Crippen LogP contribution in [0.3, 0.4) is 0 Å². The van der Waals surface area contributed by atoms with Crippen LogP contribution in [0.15, 0.2) is 26.8 Å². The zero-order valence-electron chi connectivity index (χ0n) is 5.29. The third kappa shape index (κ3) is 0.932. The van der Waals surface area contributed by atoms with Gasteiger partial charge in [-0.3, -0.25) is 0 Å². The van der Waals surface area contributed by atoms with Gasteiger partial charge >= 0.3 is 5.82 Å². The molecule has 1 rings (SSSR count). The highest BCUT2D eigenvalue weighted by Crippen LogP contribution is 2.08. The van der Waals surface area contributed by atoms with Gasteiger partial charge in [0.05, 0.1) is 0 Å². The minimum Gasteiger partial charge on any atom is -0.391 e. The van der Waals surface area contributed by atoms with E-state index in [1.165, 1.54) is 12.2 Å². The van der Waals surface area contributed by atoms with Crippen molar-refractivity contribution in [3.05, 3.63) is 35.3 Å². The van der Waals surface area contributed by atoms with Crippen LogP contribution in [0.4, 0.5) is 0 Å². The lowest BCUT2D eigenvalue weighted by Gasteiger charge is -1.79. The summed E-state index contributed by atoms with van der Waals surface area (Å²) in [5, 5.41) is 0. The quantitative estimate of drug-likeness (QED) is 0.622. The van der Waals surface area contributed by atoms with Crippen molar-refractivity contribution in [1.29, 1.82) is 0 Å². The highest BCUT2D eigenvalue weighted by molar-refractivity contribution is 5.53. The lowest BCUT2D eigenvalue weighted by atomic mass is 10.3. The first-order valence-electron chi connectivity index (χ1n) is 2.66. The van der Waals surface area contributed by atoms with Crippen LogP contribution in [0.1, 0.15) is 11.5 Å². The van der Waals surface area contributed by atoms with Gasteiger partial charge in [0.1, 0.15) is 0 Å².